The molecule has 2 aliphatic carbocycles. The Labute approximate surface area is 204 Å². The van der Waals surface area contributed by atoms with Crippen molar-refractivity contribution in [3.8, 4) is 11.1 Å². The van der Waals surface area contributed by atoms with Crippen molar-refractivity contribution in [1.29, 1.82) is 0 Å². The topological polar surface area (TPSA) is 114 Å². The number of alkyl carbamates (subject to hydrolysis) is 1. The Kier molecular flexibility index (Phi) is 6.23. The molecule has 2 fully saturated rings. The van der Waals surface area contributed by atoms with Crippen LogP contribution in [0.15, 0.2) is 48.5 Å². The van der Waals surface area contributed by atoms with E-state index in [4.69, 9.17) is 9.47 Å². The van der Waals surface area contributed by atoms with Gasteiger partial charge < -0.3 is 25.2 Å². The summed E-state index contributed by atoms with van der Waals surface area (Å²) in [6.45, 7) is 2.27. The molecule has 1 saturated heterocycles. The van der Waals surface area contributed by atoms with Crippen molar-refractivity contribution in [3.05, 3.63) is 59.7 Å². The first kappa shape index (κ1) is 23.4. The number of carboxylic acid groups (broad SMARTS) is 1. The van der Waals surface area contributed by atoms with Crippen LogP contribution in [-0.2, 0) is 19.1 Å². The van der Waals surface area contributed by atoms with Gasteiger partial charge in [0.1, 0.15) is 6.61 Å². The quantitative estimate of drug-likeness (QED) is 0.536. The molecular weight excluding hydrogens is 448 g/mol. The first-order valence-corrected chi connectivity index (χ1v) is 12.1. The molecule has 1 heterocycles. The highest BCUT2D eigenvalue weighted by Gasteiger charge is 2.46. The fourth-order valence-corrected chi connectivity index (χ4v) is 5.47. The molecule has 2 aromatic carbocycles. The van der Waals surface area contributed by atoms with Gasteiger partial charge in [0.25, 0.3) is 5.91 Å². The molecule has 0 aromatic heterocycles. The Bertz CT molecular complexity index is 1100. The van der Waals surface area contributed by atoms with Crippen molar-refractivity contribution < 1.29 is 29.0 Å². The largest absolute Gasteiger partial charge is 0.481 e. The number of benzene rings is 2. The molecule has 3 aliphatic rings. The van der Waals surface area contributed by atoms with E-state index >= 15 is 0 Å². The molecule has 3 atom stereocenters. The van der Waals surface area contributed by atoms with Crippen molar-refractivity contribution in [2.75, 3.05) is 13.2 Å². The first-order valence-electron chi connectivity index (χ1n) is 12.1. The molecule has 0 radical (unpaired) electrons. The zero-order valence-corrected chi connectivity index (χ0v) is 19.7. The monoisotopic (exact) mass is 478 g/mol. The summed E-state index contributed by atoms with van der Waals surface area (Å²) in [5.74, 6) is -1.28. The van der Waals surface area contributed by atoms with Crippen molar-refractivity contribution in [3.63, 3.8) is 0 Å². The Morgan fingerprint density at radius 3 is 2.26 bits per heavy atom. The van der Waals surface area contributed by atoms with Crippen molar-refractivity contribution in [1.82, 2.24) is 10.6 Å². The third-order valence-corrected chi connectivity index (χ3v) is 7.40. The molecule has 0 bridgehead atoms. The normalized spacial score (nSPS) is 22.5. The highest BCUT2D eigenvalue weighted by molar-refractivity contribution is 5.84. The minimum Gasteiger partial charge on any atom is -0.481 e. The lowest BCUT2D eigenvalue weighted by molar-refractivity contribution is -0.140. The number of carbonyl (C=O) groups excluding carboxylic acids is 2. The van der Waals surface area contributed by atoms with Gasteiger partial charge in [-0.15, -0.1) is 0 Å². The third kappa shape index (κ3) is 4.75. The van der Waals surface area contributed by atoms with Gasteiger partial charge in [0, 0.05) is 12.5 Å². The molecular formula is C27H30N2O6. The van der Waals surface area contributed by atoms with E-state index in [0.717, 1.165) is 35.1 Å². The molecule has 2 amide bonds. The summed E-state index contributed by atoms with van der Waals surface area (Å²) >= 11 is 0. The molecule has 0 spiro atoms. The van der Waals surface area contributed by atoms with E-state index in [1.807, 2.05) is 24.3 Å². The number of hydrogen-bond acceptors (Lipinski definition) is 5. The molecule has 35 heavy (non-hydrogen) atoms. The van der Waals surface area contributed by atoms with Crippen molar-refractivity contribution in [2.24, 2.45) is 5.92 Å². The lowest BCUT2D eigenvalue weighted by atomic mass is 9.91. The van der Waals surface area contributed by atoms with Gasteiger partial charge in [-0.2, -0.15) is 0 Å². The SMILES string of the molecule is CC(CC(=O)O)(NC(=O)[C@H]1OCC[C@H]1NC(=O)OCC1c2ccccc2-c2ccccc21)C1CC1. The maximum Gasteiger partial charge on any atom is 0.407 e. The number of rotatable bonds is 8. The number of nitrogens with one attached hydrogen (secondary N) is 2. The number of carboxylic acids is 1. The van der Waals surface area contributed by atoms with Gasteiger partial charge in [-0.3, -0.25) is 9.59 Å². The predicted molar refractivity (Wildman–Crippen MR) is 128 cm³/mol. The number of amides is 2. The Morgan fingerprint density at radius 2 is 1.66 bits per heavy atom. The number of fused-ring (bicyclic) bond motifs is 3. The van der Waals surface area contributed by atoms with Crippen LogP contribution in [0.25, 0.3) is 11.1 Å². The van der Waals surface area contributed by atoms with E-state index in [-0.39, 0.29) is 24.9 Å². The second-order valence-electron chi connectivity index (χ2n) is 9.91. The predicted octanol–water partition coefficient (Wildman–Crippen LogP) is 3.44. The van der Waals surface area contributed by atoms with Crippen LogP contribution in [0.4, 0.5) is 4.79 Å². The zero-order chi connectivity index (χ0) is 24.6. The van der Waals surface area contributed by atoms with Crippen molar-refractivity contribution in [2.45, 2.75) is 56.2 Å². The van der Waals surface area contributed by atoms with E-state index in [1.54, 1.807) is 6.92 Å². The maximum atomic E-state index is 13.0. The van der Waals surface area contributed by atoms with Gasteiger partial charge in [0.15, 0.2) is 6.10 Å². The van der Waals surface area contributed by atoms with Gasteiger partial charge in [-0.05, 0) is 54.4 Å². The highest BCUT2D eigenvalue weighted by Crippen LogP contribution is 2.44. The summed E-state index contributed by atoms with van der Waals surface area (Å²) in [4.78, 5) is 37.0. The molecule has 8 nitrogen and oxygen atoms in total. The number of aliphatic carboxylic acids is 1. The van der Waals surface area contributed by atoms with Crippen molar-refractivity contribution >= 4 is 18.0 Å². The van der Waals surface area contributed by atoms with Crippen LogP contribution in [0.2, 0.25) is 0 Å². The maximum absolute atomic E-state index is 13.0. The highest BCUT2D eigenvalue weighted by atomic mass is 16.6. The van der Waals surface area contributed by atoms with Gasteiger partial charge in [-0.25, -0.2) is 4.79 Å². The Balaban J connectivity index is 1.20. The summed E-state index contributed by atoms with van der Waals surface area (Å²) in [6, 6.07) is 15.7. The number of carbonyl (C=O) groups is 3. The van der Waals surface area contributed by atoms with Gasteiger partial charge in [0.2, 0.25) is 0 Å². The van der Waals surface area contributed by atoms with Crippen LogP contribution in [0.1, 0.15) is 49.7 Å². The summed E-state index contributed by atoms with van der Waals surface area (Å²) < 4.78 is 11.2. The van der Waals surface area contributed by atoms with E-state index in [0.29, 0.717) is 13.0 Å². The fraction of sp³-hybridized carbons (Fsp3) is 0.444. The molecule has 2 aromatic rings. The molecule has 1 saturated carbocycles. The third-order valence-electron chi connectivity index (χ3n) is 7.40. The molecule has 8 heteroatoms. The van der Waals surface area contributed by atoms with Gasteiger partial charge in [-0.1, -0.05) is 48.5 Å². The zero-order valence-electron chi connectivity index (χ0n) is 19.7. The Morgan fingerprint density at radius 1 is 1.03 bits per heavy atom. The molecule has 1 aliphatic heterocycles. The average Bonchev–Trinajstić information content (AvgIpc) is 3.52. The molecule has 1 unspecified atom stereocenters. The van der Waals surface area contributed by atoms with Crippen LogP contribution < -0.4 is 10.6 Å². The van der Waals surface area contributed by atoms with Crippen LogP contribution in [-0.4, -0.2) is 54.0 Å². The standard InChI is InChI=1S/C27H30N2O6/c1-27(14-23(30)31,16-10-11-16)29-25(32)24-22(12-13-34-24)28-26(33)35-15-21-19-8-4-2-6-17(19)18-7-3-5-9-20(18)21/h2-9,16,21-22,24H,10-15H2,1H3,(H,28,33)(H,29,32)(H,30,31)/t22-,24+,27?/m1/s1. The molecule has 3 N–H and O–H groups in total. The number of hydrogen-bond donors (Lipinski definition) is 3. The molecule has 5 rings (SSSR count). The van der Waals surface area contributed by atoms with Gasteiger partial charge >= 0.3 is 12.1 Å². The fourth-order valence-electron chi connectivity index (χ4n) is 5.47. The van der Waals surface area contributed by atoms with E-state index in [9.17, 15) is 19.5 Å². The van der Waals surface area contributed by atoms with Crippen LogP contribution >= 0.6 is 0 Å². The molecule has 184 valence electrons. The van der Waals surface area contributed by atoms with Crippen LogP contribution in [0.3, 0.4) is 0 Å². The van der Waals surface area contributed by atoms with E-state index < -0.39 is 35.7 Å². The smallest absolute Gasteiger partial charge is 0.407 e. The lowest BCUT2D eigenvalue weighted by Gasteiger charge is -2.31. The summed E-state index contributed by atoms with van der Waals surface area (Å²) in [5.41, 5.74) is 3.72. The van der Waals surface area contributed by atoms with E-state index in [2.05, 4.69) is 34.9 Å². The van der Waals surface area contributed by atoms with E-state index in [1.165, 1.54) is 0 Å². The summed E-state index contributed by atoms with van der Waals surface area (Å²) in [7, 11) is 0. The summed E-state index contributed by atoms with van der Waals surface area (Å²) in [6.07, 6.45) is 0.605. The second kappa shape index (κ2) is 9.34. The van der Waals surface area contributed by atoms with Gasteiger partial charge in [0.05, 0.1) is 18.0 Å². The second-order valence-corrected chi connectivity index (χ2v) is 9.91. The minimum atomic E-state index is -0.958. The Hall–Kier alpha value is -3.39. The lowest BCUT2D eigenvalue weighted by Crippen LogP contribution is -2.56. The average molecular weight is 479 g/mol. The number of ether oxygens (including phenoxy) is 2. The first-order chi connectivity index (χ1) is 16.9. The van der Waals surface area contributed by atoms with Crippen LogP contribution in [0.5, 0.6) is 0 Å². The minimum absolute atomic E-state index is 0.0534. The summed E-state index contributed by atoms with van der Waals surface area (Å²) in [5, 5.41) is 15.0. The van der Waals surface area contributed by atoms with Crippen LogP contribution in [0, 0.1) is 5.92 Å².